The number of nitrogens with one attached hydrogen (secondary N) is 1. The molecule has 0 heterocycles. The maximum Gasteiger partial charge on any atom is 0.255 e. The van der Waals surface area contributed by atoms with Crippen molar-refractivity contribution in [3.05, 3.63) is 17.7 Å². The molecule has 0 aliphatic heterocycles. The topological polar surface area (TPSA) is 115 Å². The molecule has 0 aromatic heterocycles. The number of carbonyl (C=O) groups excluding carboxylic acids is 1. The SMILES string of the molecule is COc1ccc(C(=O)NC(C)/C(N)=N/O)c(OC)c1OC. The summed E-state index contributed by atoms with van der Waals surface area (Å²) in [7, 11) is 4.35. The van der Waals surface area contributed by atoms with Crippen LogP contribution in [0, 0.1) is 0 Å². The van der Waals surface area contributed by atoms with Gasteiger partial charge in [-0.15, -0.1) is 0 Å². The minimum absolute atomic E-state index is 0.109. The average Bonchev–Trinajstić information content (AvgIpc) is 2.51. The van der Waals surface area contributed by atoms with E-state index in [-0.39, 0.29) is 17.1 Å². The number of hydrogen-bond acceptors (Lipinski definition) is 6. The molecule has 21 heavy (non-hydrogen) atoms. The van der Waals surface area contributed by atoms with Crippen molar-refractivity contribution >= 4 is 11.7 Å². The van der Waals surface area contributed by atoms with Crippen molar-refractivity contribution in [3.8, 4) is 17.2 Å². The van der Waals surface area contributed by atoms with Crippen molar-refractivity contribution in [2.75, 3.05) is 21.3 Å². The third-order valence-corrected chi connectivity index (χ3v) is 2.86. The molecule has 0 radical (unpaired) electrons. The van der Waals surface area contributed by atoms with E-state index in [1.54, 1.807) is 13.0 Å². The van der Waals surface area contributed by atoms with Gasteiger partial charge in [0.05, 0.1) is 32.9 Å². The number of benzene rings is 1. The van der Waals surface area contributed by atoms with Crippen LogP contribution in [0.1, 0.15) is 17.3 Å². The Morgan fingerprint density at radius 3 is 2.33 bits per heavy atom. The molecule has 116 valence electrons. The number of nitrogens with zero attached hydrogens (tertiary/aromatic N) is 1. The van der Waals surface area contributed by atoms with E-state index in [2.05, 4.69) is 10.5 Å². The van der Waals surface area contributed by atoms with Gasteiger partial charge in [0.25, 0.3) is 5.91 Å². The van der Waals surface area contributed by atoms with E-state index in [1.165, 1.54) is 27.4 Å². The lowest BCUT2D eigenvalue weighted by Gasteiger charge is -2.17. The Labute approximate surface area is 122 Å². The number of oxime groups is 1. The van der Waals surface area contributed by atoms with Gasteiger partial charge in [-0.25, -0.2) is 0 Å². The number of amides is 1. The Morgan fingerprint density at radius 1 is 1.24 bits per heavy atom. The Morgan fingerprint density at radius 2 is 1.86 bits per heavy atom. The molecule has 0 fully saturated rings. The number of ether oxygens (including phenoxy) is 3. The highest BCUT2D eigenvalue weighted by molar-refractivity contribution is 6.01. The first-order valence-electron chi connectivity index (χ1n) is 6.07. The van der Waals surface area contributed by atoms with Crippen LogP contribution in [0.15, 0.2) is 17.3 Å². The van der Waals surface area contributed by atoms with Gasteiger partial charge in [-0.3, -0.25) is 4.79 Å². The van der Waals surface area contributed by atoms with Crippen molar-refractivity contribution in [1.29, 1.82) is 0 Å². The highest BCUT2D eigenvalue weighted by atomic mass is 16.5. The van der Waals surface area contributed by atoms with Crippen molar-refractivity contribution in [3.63, 3.8) is 0 Å². The summed E-state index contributed by atoms with van der Waals surface area (Å²) >= 11 is 0. The molecule has 0 aliphatic rings. The van der Waals surface area contributed by atoms with E-state index < -0.39 is 11.9 Å². The second-order valence-electron chi connectivity index (χ2n) is 4.10. The van der Waals surface area contributed by atoms with Crippen LogP contribution < -0.4 is 25.3 Å². The monoisotopic (exact) mass is 297 g/mol. The predicted molar refractivity (Wildman–Crippen MR) is 76.4 cm³/mol. The Hall–Kier alpha value is -2.64. The third kappa shape index (κ3) is 3.47. The van der Waals surface area contributed by atoms with Crippen molar-refractivity contribution in [2.45, 2.75) is 13.0 Å². The van der Waals surface area contributed by atoms with Crippen LogP contribution in [-0.4, -0.2) is 44.3 Å². The molecule has 0 aliphatic carbocycles. The summed E-state index contributed by atoms with van der Waals surface area (Å²) in [5.41, 5.74) is 5.67. The van der Waals surface area contributed by atoms with Gasteiger partial charge in [0.15, 0.2) is 17.3 Å². The fourth-order valence-electron chi connectivity index (χ4n) is 1.72. The van der Waals surface area contributed by atoms with E-state index in [0.717, 1.165) is 0 Å². The molecule has 8 heteroatoms. The van der Waals surface area contributed by atoms with Gasteiger partial charge in [-0.1, -0.05) is 5.16 Å². The van der Waals surface area contributed by atoms with Crippen LogP contribution in [-0.2, 0) is 0 Å². The lowest BCUT2D eigenvalue weighted by Crippen LogP contribution is -2.42. The van der Waals surface area contributed by atoms with E-state index in [4.69, 9.17) is 25.2 Å². The van der Waals surface area contributed by atoms with Crippen LogP contribution in [0.5, 0.6) is 17.2 Å². The lowest BCUT2D eigenvalue weighted by molar-refractivity contribution is 0.0945. The number of nitrogens with two attached hydrogens (primary N) is 1. The Kier molecular flexibility index (Phi) is 5.65. The van der Waals surface area contributed by atoms with E-state index in [9.17, 15) is 4.79 Å². The van der Waals surface area contributed by atoms with Gasteiger partial charge in [0.2, 0.25) is 5.75 Å². The maximum atomic E-state index is 12.2. The minimum Gasteiger partial charge on any atom is -0.493 e. The number of amidine groups is 1. The first-order valence-corrected chi connectivity index (χ1v) is 6.07. The zero-order valence-electron chi connectivity index (χ0n) is 12.3. The molecule has 1 aromatic rings. The van der Waals surface area contributed by atoms with E-state index in [0.29, 0.717) is 11.5 Å². The molecule has 1 amide bonds. The number of rotatable bonds is 6. The minimum atomic E-state index is -0.639. The molecule has 0 spiro atoms. The Bertz CT molecular complexity index is 545. The number of carbonyl (C=O) groups is 1. The maximum absolute atomic E-state index is 12.2. The summed E-state index contributed by atoms with van der Waals surface area (Å²) in [4.78, 5) is 12.2. The second kappa shape index (κ2) is 7.22. The second-order valence-corrected chi connectivity index (χ2v) is 4.10. The highest BCUT2D eigenvalue weighted by Gasteiger charge is 2.22. The van der Waals surface area contributed by atoms with Crippen molar-refractivity contribution < 1.29 is 24.2 Å². The quantitative estimate of drug-likeness (QED) is 0.306. The van der Waals surface area contributed by atoms with Crippen LogP contribution in [0.4, 0.5) is 0 Å². The summed E-state index contributed by atoms with van der Waals surface area (Å²) in [6.07, 6.45) is 0. The molecule has 1 rings (SSSR count). The fraction of sp³-hybridized carbons (Fsp3) is 0.385. The molecule has 1 aromatic carbocycles. The molecule has 4 N–H and O–H groups in total. The molecule has 1 atom stereocenters. The normalized spacial score (nSPS) is 12.5. The molecule has 0 saturated carbocycles. The van der Waals surface area contributed by atoms with Gasteiger partial charge >= 0.3 is 0 Å². The molecular weight excluding hydrogens is 278 g/mol. The average molecular weight is 297 g/mol. The third-order valence-electron chi connectivity index (χ3n) is 2.86. The molecule has 0 bridgehead atoms. The fourth-order valence-corrected chi connectivity index (χ4v) is 1.72. The van der Waals surface area contributed by atoms with Crippen LogP contribution in [0.25, 0.3) is 0 Å². The summed E-state index contributed by atoms with van der Waals surface area (Å²) in [6.45, 7) is 1.58. The standard InChI is InChI=1S/C13H19N3O5/c1-7(12(14)16-18)15-13(17)8-5-6-9(19-2)11(21-4)10(8)20-3/h5-7,18H,1-4H3,(H2,14,16)(H,15,17). The number of hydrogen-bond donors (Lipinski definition) is 3. The van der Waals surface area contributed by atoms with E-state index >= 15 is 0 Å². The lowest BCUT2D eigenvalue weighted by atomic mass is 10.1. The zero-order valence-corrected chi connectivity index (χ0v) is 12.3. The molecule has 1 unspecified atom stereocenters. The van der Waals surface area contributed by atoms with Gasteiger partial charge < -0.3 is 30.5 Å². The molecular formula is C13H19N3O5. The van der Waals surface area contributed by atoms with Crippen molar-refractivity contribution in [1.82, 2.24) is 5.32 Å². The van der Waals surface area contributed by atoms with Crippen LogP contribution >= 0.6 is 0 Å². The first kappa shape index (κ1) is 16.4. The summed E-state index contributed by atoms with van der Waals surface area (Å²) in [5, 5.41) is 14.0. The summed E-state index contributed by atoms with van der Waals surface area (Å²) in [6, 6.07) is 2.49. The molecule has 0 saturated heterocycles. The predicted octanol–water partition coefficient (Wildman–Crippen LogP) is 0.577. The van der Waals surface area contributed by atoms with Crippen LogP contribution in [0.3, 0.4) is 0 Å². The summed E-state index contributed by atoms with van der Waals surface area (Å²) < 4.78 is 15.6. The largest absolute Gasteiger partial charge is 0.493 e. The smallest absolute Gasteiger partial charge is 0.255 e. The first-order chi connectivity index (χ1) is 9.99. The Balaban J connectivity index is 3.15. The van der Waals surface area contributed by atoms with Gasteiger partial charge in [0, 0.05) is 0 Å². The summed E-state index contributed by atoms with van der Waals surface area (Å²) in [5.74, 6) is 0.426. The van der Waals surface area contributed by atoms with Crippen molar-refractivity contribution in [2.24, 2.45) is 10.9 Å². The number of methoxy groups -OCH3 is 3. The molecule has 8 nitrogen and oxygen atoms in total. The highest BCUT2D eigenvalue weighted by Crippen LogP contribution is 2.39. The van der Waals surface area contributed by atoms with Gasteiger partial charge in [0.1, 0.15) is 0 Å². The van der Waals surface area contributed by atoms with Gasteiger partial charge in [-0.05, 0) is 19.1 Å². The zero-order chi connectivity index (χ0) is 16.0. The van der Waals surface area contributed by atoms with E-state index in [1.807, 2.05) is 0 Å². The van der Waals surface area contributed by atoms with Gasteiger partial charge in [-0.2, -0.15) is 0 Å². The van der Waals surface area contributed by atoms with Crippen LogP contribution in [0.2, 0.25) is 0 Å².